The Morgan fingerprint density at radius 3 is 2.58 bits per heavy atom. The van der Waals surface area contributed by atoms with E-state index in [1.54, 1.807) is 0 Å². The summed E-state index contributed by atoms with van der Waals surface area (Å²) in [7, 11) is 0. The molecule has 1 aliphatic carbocycles. The van der Waals surface area contributed by atoms with E-state index >= 15 is 0 Å². The van der Waals surface area contributed by atoms with Crippen LogP contribution in [0.25, 0.3) is 0 Å². The van der Waals surface area contributed by atoms with Crippen molar-refractivity contribution in [1.82, 2.24) is 0 Å². The third-order valence-corrected chi connectivity index (χ3v) is 3.56. The summed E-state index contributed by atoms with van der Waals surface area (Å²) in [6.45, 7) is 4.06. The summed E-state index contributed by atoms with van der Waals surface area (Å²) in [5, 5.41) is 0. The lowest BCUT2D eigenvalue weighted by molar-refractivity contribution is -0.145. The third-order valence-electron chi connectivity index (χ3n) is 3.56. The quantitative estimate of drug-likeness (QED) is 0.392. The highest BCUT2D eigenvalue weighted by atomic mass is 16.6. The highest BCUT2D eigenvalue weighted by Gasteiger charge is 2.66. The van der Waals surface area contributed by atoms with Gasteiger partial charge in [0.2, 0.25) is 0 Å². The van der Waals surface area contributed by atoms with E-state index in [4.69, 9.17) is 9.47 Å². The van der Waals surface area contributed by atoms with Gasteiger partial charge in [0.05, 0.1) is 18.1 Å². The summed E-state index contributed by atoms with van der Waals surface area (Å²) in [6.07, 6.45) is 0.859. The van der Waals surface area contributed by atoms with E-state index in [0.717, 1.165) is 0 Å². The smallest absolute Gasteiger partial charge is 0.309 e. The molecule has 3 rings (SSSR count). The van der Waals surface area contributed by atoms with Crippen LogP contribution in [0.2, 0.25) is 0 Å². The Kier molecular flexibility index (Phi) is 1.06. The predicted octanol–water partition coefficient (Wildman–Crippen LogP) is 0.581. The molecule has 0 N–H and O–H groups in total. The van der Waals surface area contributed by atoms with Gasteiger partial charge in [0.1, 0.15) is 6.10 Å². The minimum Gasteiger partial charge on any atom is -0.461 e. The summed E-state index contributed by atoms with van der Waals surface area (Å²) in [6, 6.07) is 0. The first-order valence-corrected chi connectivity index (χ1v) is 4.56. The lowest BCUT2D eigenvalue weighted by Crippen LogP contribution is -2.24. The molecule has 2 heterocycles. The third kappa shape index (κ3) is 0.600. The molecule has 0 spiro atoms. The van der Waals surface area contributed by atoms with Crippen LogP contribution in [0.15, 0.2) is 0 Å². The van der Waals surface area contributed by atoms with E-state index in [-0.39, 0.29) is 18.0 Å². The molecule has 0 aromatic carbocycles. The van der Waals surface area contributed by atoms with Crippen LogP contribution in [0.1, 0.15) is 13.8 Å². The lowest BCUT2D eigenvalue weighted by Gasteiger charge is -2.16. The molecule has 3 nitrogen and oxygen atoms in total. The van der Waals surface area contributed by atoms with E-state index in [2.05, 4.69) is 6.92 Å². The van der Waals surface area contributed by atoms with Gasteiger partial charge in [-0.2, -0.15) is 0 Å². The number of epoxide rings is 1. The molecule has 12 heavy (non-hydrogen) atoms. The molecule has 1 saturated carbocycles. The van der Waals surface area contributed by atoms with Crippen LogP contribution in [0, 0.1) is 17.8 Å². The Bertz CT molecular complexity index is 250. The van der Waals surface area contributed by atoms with Crippen molar-refractivity contribution in [1.29, 1.82) is 0 Å². The van der Waals surface area contributed by atoms with Crippen LogP contribution >= 0.6 is 0 Å². The van der Waals surface area contributed by atoms with Gasteiger partial charge in [-0.25, -0.2) is 0 Å². The first kappa shape index (κ1) is 6.89. The van der Waals surface area contributed by atoms with Gasteiger partial charge < -0.3 is 9.47 Å². The summed E-state index contributed by atoms with van der Waals surface area (Å²) < 4.78 is 10.8. The fourth-order valence-electron chi connectivity index (χ4n) is 2.75. The Morgan fingerprint density at radius 2 is 1.92 bits per heavy atom. The second-order valence-corrected chi connectivity index (χ2v) is 4.19. The van der Waals surface area contributed by atoms with Gasteiger partial charge in [0.15, 0.2) is 0 Å². The van der Waals surface area contributed by atoms with Gasteiger partial charge in [0.25, 0.3) is 0 Å². The van der Waals surface area contributed by atoms with Crippen molar-refractivity contribution < 1.29 is 14.3 Å². The largest absolute Gasteiger partial charge is 0.461 e. The zero-order chi connectivity index (χ0) is 8.46. The molecule has 0 radical (unpaired) electrons. The summed E-state index contributed by atoms with van der Waals surface area (Å²) in [5.74, 6) is 0.771. The number of hydrogen-bond acceptors (Lipinski definition) is 3. The molecule has 0 unspecified atom stereocenters. The Morgan fingerprint density at radius 1 is 1.17 bits per heavy atom. The Labute approximate surface area is 71.0 Å². The molecule has 6 atom stereocenters. The summed E-state index contributed by atoms with van der Waals surface area (Å²) in [5.41, 5.74) is 0. The van der Waals surface area contributed by atoms with Crippen LogP contribution in [-0.4, -0.2) is 24.3 Å². The van der Waals surface area contributed by atoms with Crippen LogP contribution in [0.3, 0.4) is 0 Å². The van der Waals surface area contributed by atoms with Crippen molar-refractivity contribution in [2.24, 2.45) is 17.8 Å². The molecule has 3 aliphatic rings. The first-order valence-electron chi connectivity index (χ1n) is 4.56. The molecular formula is C9H12O3. The van der Waals surface area contributed by atoms with Crippen LogP contribution in [0.5, 0.6) is 0 Å². The SMILES string of the molecule is C[C@@H]1[C@H]2O[C@H]2[C@@H]2[C@H]1OC(=O)[C@@H]2C. The Balaban J connectivity index is 1.94. The van der Waals surface area contributed by atoms with Gasteiger partial charge in [-0.1, -0.05) is 13.8 Å². The van der Waals surface area contributed by atoms with E-state index < -0.39 is 0 Å². The molecule has 66 valence electrons. The number of fused-ring (bicyclic) bond motifs is 3. The van der Waals surface area contributed by atoms with Crippen molar-refractivity contribution in [3.05, 3.63) is 0 Å². The molecule has 0 bridgehead atoms. The second-order valence-electron chi connectivity index (χ2n) is 4.19. The standard InChI is InChI=1S/C9H12O3/c1-3-5-6(12-9(3)10)4(2)7-8(5)11-7/h3-8H,1-2H3/t3-,4+,5+,6+,7-,8+/m1/s1. The van der Waals surface area contributed by atoms with E-state index in [1.807, 2.05) is 6.92 Å². The number of ether oxygens (including phenoxy) is 2. The normalized spacial score (nSPS) is 61.0. The molecule has 0 amide bonds. The maximum atomic E-state index is 11.2. The number of rotatable bonds is 0. The zero-order valence-corrected chi connectivity index (χ0v) is 7.19. The van der Waals surface area contributed by atoms with Crippen LogP contribution in [0.4, 0.5) is 0 Å². The fourth-order valence-corrected chi connectivity index (χ4v) is 2.75. The molecule has 2 saturated heterocycles. The van der Waals surface area contributed by atoms with Crippen molar-refractivity contribution in [3.8, 4) is 0 Å². The highest BCUT2D eigenvalue weighted by molar-refractivity contribution is 5.75. The monoisotopic (exact) mass is 168 g/mol. The van der Waals surface area contributed by atoms with Gasteiger partial charge in [-0.15, -0.1) is 0 Å². The van der Waals surface area contributed by atoms with Crippen molar-refractivity contribution in [2.45, 2.75) is 32.2 Å². The molecule has 0 aromatic rings. The second kappa shape index (κ2) is 1.84. The number of carbonyl (C=O) groups is 1. The maximum Gasteiger partial charge on any atom is 0.309 e. The van der Waals surface area contributed by atoms with Gasteiger partial charge in [0, 0.05) is 11.8 Å². The minimum atomic E-state index is -0.0363. The summed E-state index contributed by atoms with van der Waals surface area (Å²) in [4.78, 5) is 11.2. The molecule has 0 aromatic heterocycles. The number of esters is 1. The fraction of sp³-hybridized carbons (Fsp3) is 0.889. The predicted molar refractivity (Wildman–Crippen MR) is 40.4 cm³/mol. The minimum absolute atomic E-state index is 0.0363. The van der Waals surface area contributed by atoms with E-state index in [1.165, 1.54) is 0 Å². The zero-order valence-electron chi connectivity index (χ0n) is 7.19. The van der Waals surface area contributed by atoms with Gasteiger partial charge in [-0.05, 0) is 0 Å². The summed E-state index contributed by atoms with van der Waals surface area (Å²) >= 11 is 0. The number of hydrogen-bond donors (Lipinski definition) is 0. The molecular weight excluding hydrogens is 156 g/mol. The maximum absolute atomic E-state index is 11.2. The van der Waals surface area contributed by atoms with Crippen LogP contribution in [-0.2, 0) is 14.3 Å². The van der Waals surface area contributed by atoms with Gasteiger partial charge in [-0.3, -0.25) is 4.79 Å². The van der Waals surface area contributed by atoms with Crippen molar-refractivity contribution in [3.63, 3.8) is 0 Å². The molecule has 2 aliphatic heterocycles. The van der Waals surface area contributed by atoms with E-state index in [0.29, 0.717) is 24.0 Å². The Hall–Kier alpha value is -0.570. The first-order chi connectivity index (χ1) is 5.70. The molecule has 3 fully saturated rings. The average Bonchev–Trinajstić information content (AvgIpc) is 2.70. The van der Waals surface area contributed by atoms with E-state index in [9.17, 15) is 4.79 Å². The van der Waals surface area contributed by atoms with Crippen molar-refractivity contribution in [2.75, 3.05) is 0 Å². The lowest BCUT2D eigenvalue weighted by atomic mass is 9.92. The molecule has 3 heteroatoms. The number of carbonyl (C=O) groups excluding carboxylic acids is 1. The van der Waals surface area contributed by atoms with Crippen molar-refractivity contribution >= 4 is 5.97 Å². The highest BCUT2D eigenvalue weighted by Crippen LogP contribution is 2.54. The topological polar surface area (TPSA) is 38.8 Å². The van der Waals surface area contributed by atoms with Crippen LogP contribution < -0.4 is 0 Å². The average molecular weight is 168 g/mol. The van der Waals surface area contributed by atoms with Gasteiger partial charge >= 0.3 is 5.97 Å².